The molecule has 1 saturated heterocycles. The molecule has 1 amide bonds. The van der Waals surface area contributed by atoms with Crippen LogP contribution in [0.4, 0.5) is 11.4 Å². The van der Waals surface area contributed by atoms with Crippen LogP contribution < -0.4 is 15.0 Å². The number of anilines is 2. The van der Waals surface area contributed by atoms with Crippen molar-refractivity contribution >= 4 is 29.0 Å². The minimum absolute atomic E-state index is 0.0292. The zero-order valence-electron chi connectivity index (χ0n) is 16.3. The minimum atomic E-state index is 0.0292. The number of para-hydroxylation sites is 1. The van der Waals surface area contributed by atoms with Crippen LogP contribution in [0.1, 0.15) is 0 Å². The molecule has 0 radical (unpaired) electrons. The number of methoxy groups -OCH3 is 1. The Balaban J connectivity index is 1.51. The fourth-order valence-corrected chi connectivity index (χ4v) is 3.96. The molecule has 5 nitrogen and oxygen atoms in total. The first-order valence-corrected chi connectivity index (χ1v) is 10.4. The molecule has 6 heteroatoms. The normalized spacial score (nSPS) is 14.5. The number of hydrogen-bond acceptors (Lipinski definition) is 5. The number of thioether (sulfide) groups is 1. The van der Waals surface area contributed by atoms with E-state index < -0.39 is 0 Å². The zero-order chi connectivity index (χ0) is 19.8. The quantitative estimate of drug-likeness (QED) is 0.543. The molecule has 148 valence electrons. The maximum atomic E-state index is 12.5. The number of nitrogens with zero attached hydrogens (tertiary/aromatic N) is 2. The summed E-state index contributed by atoms with van der Waals surface area (Å²) in [6.07, 6.45) is 1.87. The highest BCUT2D eigenvalue weighted by atomic mass is 32.2. The van der Waals surface area contributed by atoms with Crippen molar-refractivity contribution in [3.63, 3.8) is 0 Å². The van der Waals surface area contributed by atoms with Crippen molar-refractivity contribution in [1.82, 2.24) is 4.90 Å². The standard InChI is InChI=1S/C22H27N3O2S/c1-3-15-28-21-10-5-4-9-20(21)23-22(26)17-24-11-13-25(14-12-24)18-7-6-8-19(16-18)27-2/h3-10,16H,1,11-15,17H2,2H3,(H,23,26). The van der Waals surface area contributed by atoms with Gasteiger partial charge in [0.05, 0.1) is 19.3 Å². The van der Waals surface area contributed by atoms with E-state index >= 15 is 0 Å². The van der Waals surface area contributed by atoms with Crippen molar-refractivity contribution in [3.8, 4) is 5.75 Å². The van der Waals surface area contributed by atoms with Gasteiger partial charge in [-0.3, -0.25) is 9.69 Å². The monoisotopic (exact) mass is 397 g/mol. The highest BCUT2D eigenvalue weighted by Gasteiger charge is 2.20. The van der Waals surface area contributed by atoms with E-state index in [-0.39, 0.29) is 5.91 Å². The molecule has 0 saturated carbocycles. The van der Waals surface area contributed by atoms with E-state index in [1.807, 2.05) is 42.5 Å². The predicted molar refractivity (Wildman–Crippen MR) is 118 cm³/mol. The second-order valence-electron chi connectivity index (χ2n) is 6.61. The third kappa shape index (κ3) is 5.53. The molecular formula is C22H27N3O2S. The lowest BCUT2D eigenvalue weighted by Gasteiger charge is -2.35. The van der Waals surface area contributed by atoms with E-state index in [1.54, 1.807) is 18.9 Å². The summed E-state index contributed by atoms with van der Waals surface area (Å²) in [5.74, 6) is 1.72. The molecule has 1 fully saturated rings. The summed E-state index contributed by atoms with van der Waals surface area (Å²) in [7, 11) is 1.68. The van der Waals surface area contributed by atoms with Gasteiger partial charge in [-0.2, -0.15) is 0 Å². The molecule has 0 bridgehead atoms. The Morgan fingerprint density at radius 3 is 2.71 bits per heavy atom. The smallest absolute Gasteiger partial charge is 0.238 e. The number of carbonyl (C=O) groups is 1. The summed E-state index contributed by atoms with van der Waals surface area (Å²) in [6, 6.07) is 16.0. The summed E-state index contributed by atoms with van der Waals surface area (Å²) < 4.78 is 5.31. The summed E-state index contributed by atoms with van der Waals surface area (Å²) in [5, 5.41) is 3.06. The van der Waals surface area contributed by atoms with Crippen LogP contribution >= 0.6 is 11.8 Å². The van der Waals surface area contributed by atoms with Gasteiger partial charge in [0.1, 0.15) is 5.75 Å². The Hall–Kier alpha value is -2.44. The van der Waals surface area contributed by atoms with Crippen molar-refractivity contribution in [2.75, 3.05) is 55.8 Å². The molecule has 0 atom stereocenters. The fourth-order valence-electron chi connectivity index (χ4n) is 3.21. The van der Waals surface area contributed by atoms with Gasteiger partial charge in [-0.15, -0.1) is 18.3 Å². The number of piperazine rings is 1. The van der Waals surface area contributed by atoms with E-state index in [0.29, 0.717) is 6.54 Å². The second-order valence-corrected chi connectivity index (χ2v) is 7.67. The van der Waals surface area contributed by atoms with Crippen molar-refractivity contribution in [2.24, 2.45) is 0 Å². The molecule has 1 N–H and O–H groups in total. The van der Waals surface area contributed by atoms with E-state index in [4.69, 9.17) is 4.74 Å². The Labute approximate surface area is 171 Å². The molecule has 0 spiro atoms. The van der Waals surface area contributed by atoms with Crippen LogP contribution in [-0.2, 0) is 4.79 Å². The first-order valence-electron chi connectivity index (χ1n) is 9.43. The SMILES string of the molecule is C=CCSc1ccccc1NC(=O)CN1CCN(c2cccc(OC)c2)CC1. The largest absolute Gasteiger partial charge is 0.497 e. The van der Waals surface area contributed by atoms with Gasteiger partial charge in [0.15, 0.2) is 0 Å². The number of benzene rings is 2. The summed E-state index contributed by atoms with van der Waals surface area (Å²) in [4.78, 5) is 18.1. The fraction of sp³-hybridized carbons (Fsp3) is 0.318. The number of nitrogens with one attached hydrogen (secondary N) is 1. The Morgan fingerprint density at radius 1 is 1.18 bits per heavy atom. The molecule has 0 aliphatic carbocycles. The van der Waals surface area contributed by atoms with Crippen LogP contribution in [0.3, 0.4) is 0 Å². The van der Waals surface area contributed by atoms with Gasteiger partial charge in [0, 0.05) is 48.6 Å². The van der Waals surface area contributed by atoms with E-state index in [0.717, 1.165) is 54.0 Å². The second kappa shape index (κ2) is 10.2. The molecule has 28 heavy (non-hydrogen) atoms. The molecule has 1 aliphatic rings. The van der Waals surface area contributed by atoms with Gasteiger partial charge in [-0.1, -0.05) is 24.3 Å². The first kappa shape index (κ1) is 20.3. The Kier molecular flexibility index (Phi) is 7.39. The maximum absolute atomic E-state index is 12.5. The van der Waals surface area contributed by atoms with Crippen molar-refractivity contribution in [2.45, 2.75) is 4.90 Å². The lowest BCUT2D eigenvalue weighted by molar-refractivity contribution is -0.117. The highest BCUT2D eigenvalue weighted by Crippen LogP contribution is 2.27. The number of hydrogen-bond donors (Lipinski definition) is 1. The minimum Gasteiger partial charge on any atom is -0.497 e. The molecular weight excluding hydrogens is 370 g/mol. The summed E-state index contributed by atoms with van der Waals surface area (Å²) >= 11 is 1.67. The Morgan fingerprint density at radius 2 is 1.96 bits per heavy atom. The summed E-state index contributed by atoms with van der Waals surface area (Å²) in [5.41, 5.74) is 2.03. The molecule has 0 unspecified atom stereocenters. The average Bonchev–Trinajstić information content (AvgIpc) is 2.73. The Bertz CT molecular complexity index is 804. The topological polar surface area (TPSA) is 44.8 Å². The third-order valence-corrected chi connectivity index (χ3v) is 5.75. The van der Waals surface area contributed by atoms with Gasteiger partial charge < -0.3 is 15.0 Å². The number of carbonyl (C=O) groups excluding carboxylic acids is 1. The van der Waals surface area contributed by atoms with Crippen LogP contribution in [0, 0.1) is 0 Å². The maximum Gasteiger partial charge on any atom is 0.238 e. The molecule has 1 heterocycles. The van der Waals surface area contributed by atoms with E-state index in [2.05, 4.69) is 33.8 Å². The van der Waals surface area contributed by atoms with Gasteiger partial charge in [-0.25, -0.2) is 0 Å². The van der Waals surface area contributed by atoms with Crippen LogP contribution in [0.2, 0.25) is 0 Å². The molecule has 2 aromatic rings. The van der Waals surface area contributed by atoms with E-state index in [9.17, 15) is 4.79 Å². The van der Waals surface area contributed by atoms with E-state index in [1.165, 1.54) is 0 Å². The van der Waals surface area contributed by atoms with Gasteiger partial charge in [0.25, 0.3) is 0 Å². The first-order chi connectivity index (χ1) is 13.7. The van der Waals surface area contributed by atoms with Crippen LogP contribution in [0.5, 0.6) is 5.75 Å². The van der Waals surface area contributed by atoms with Crippen LogP contribution in [0.25, 0.3) is 0 Å². The van der Waals surface area contributed by atoms with Crippen LogP contribution in [0.15, 0.2) is 66.1 Å². The van der Waals surface area contributed by atoms with Crippen molar-refractivity contribution < 1.29 is 9.53 Å². The summed E-state index contributed by atoms with van der Waals surface area (Å²) in [6.45, 7) is 7.67. The molecule has 3 rings (SSSR count). The number of amides is 1. The van der Waals surface area contributed by atoms with Gasteiger partial charge >= 0.3 is 0 Å². The zero-order valence-corrected chi connectivity index (χ0v) is 17.1. The predicted octanol–water partition coefficient (Wildman–Crippen LogP) is 3.73. The lowest BCUT2D eigenvalue weighted by Crippen LogP contribution is -2.48. The molecule has 1 aliphatic heterocycles. The molecule has 2 aromatic carbocycles. The van der Waals surface area contributed by atoms with Crippen molar-refractivity contribution in [1.29, 1.82) is 0 Å². The van der Waals surface area contributed by atoms with Gasteiger partial charge in [0.2, 0.25) is 5.91 Å². The van der Waals surface area contributed by atoms with Gasteiger partial charge in [-0.05, 0) is 24.3 Å². The number of rotatable bonds is 8. The van der Waals surface area contributed by atoms with Crippen molar-refractivity contribution in [3.05, 3.63) is 61.2 Å². The third-order valence-electron chi connectivity index (χ3n) is 4.68. The lowest BCUT2D eigenvalue weighted by atomic mass is 10.2. The average molecular weight is 398 g/mol. The number of ether oxygens (including phenoxy) is 1. The molecule has 0 aromatic heterocycles. The van der Waals surface area contributed by atoms with Crippen LogP contribution in [-0.4, -0.2) is 56.4 Å². The highest BCUT2D eigenvalue weighted by molar-refractivity contribution is 7.99.